The Hall–Kier alpha value is -3.21. The van der Waals surface area contributed by atoms with E-state index < -0.39 is 0 Å². The fourth-order valence-electron chi connectivity index (χ4n) is 2.67. The molecule has 0 unspecified atom stereocenters. The molecule has 2 aromatic carbocycles. The van der Waals surface area contributed by atoms with Gasteiger partial charge in [-0.05, 0) is 41.8 Å². The van der Waals surface area contributed by atoms with E-state index in [1.54, 1.807) is 18.5 Å². The fourth-order valence-corrected chi connectivity index (χ4v) is 2.67. The van der Waals surface area contributed by atoms with Crippen LogP contribution in [0.5, 0.6) is 5.75 Å². The zero-order valence-electron chi connectivity index (χ0n) is 14.9. The molecule has 0 spiro atoms. The van der Waals surface area contributed by atoms with Crippen LogP contribution in [0.25, 0.3) is 10.8 Å². The van der Waals surface area contributed by atoms with Crippen molar-refractivity contribution < 1.29 is 9.53 Å². The van der Waals surface area contributed by atoms with Crippen LogP contribution in [0.4, 0.5) is 0 Å². The van der Waals surface area contributed by atoms with Crippen molar-refractivity contribution in [2.75, 3.05) is 6.61 Å². The van der Waals surface area contributed by atoms with Gasteiger partial charge in [-0.3, -0.25) is 9.78 Å². The summed E-state index contributed by atoms with van der Waals surface area (Å²) in [5.41, 5.74) is 4.79. The van der Waals surface area contributed by atoms with Crippen LogP contribution in [-0.4, -0.2) is 23.7 Å². The summed E-state index contributed by atoms with van der Waals surface area (Å²) in [4.78, 5) is 16.4. The molecule has 132 valence electrons. The van der Waals surface area contributed by atoms with Gasteiger partial charge in [0.2, 0.25) is 0 Å². The first kappa shape index (κ1) is 17.6. The maximum absolute atomic E-state index is 12.2. The minimum absolute atomic E-state index is 0.335. The molecule has 0 saturated carbocycles. The van der Waals surface area contributed by atoms with E-state index in [0.717, 1.165) is 34.1 Å². The van der Waals surface area contributed by atoms with Crippen molar-refractivity contribution in [3.8, 4) is 5.75 Å². The second kappa shape index (κ2) is 8.25. The van der Waals surface area contributed by atoms with Crippen molar-refractivity contribution >= 4 is 22.9 Å². The van der Waals surface area contributed by atoms with Gasteiger partial charge in [-0.25, -0.2) is 5.43 Å². The second-order valence-electron chi connectivity index (χ2n) is 5.74. The van der Waals surface area contributed by atoms with Crippen LogP contribution in [0.1, 0.15) is 35.5 Å². The molecule has 0 aliphatic carbocycles. The number of hydrazone groups is 1. The van der Waals surface area contributed by atoms with E-state index in [9.17, 15) is 4.79 Å². The third-order valence-electron chi connectivity index (χ3n) is 4.06. The molecule has 1 aromatic heterocycles. The quantitative estimate of drug-likeness (QED) is 0.542. The standard InChI is InChI=1S/C21H21N3O2/c1-3-15-9-11-19(22-13-15)21(25)24-23-14-18-17-8-6-5-7-16(17)10-12-20(18)26-4-2/h5-14H,3-4H2,1-2H3,(H,24,25). The third kappa shape index (κ3) is 3.88. The number of aryl methyl sites for hydroxylation is 1. The summed E-state index contributed by atoms with van der Waals surface area (Å²) in [6.45, 7) is 4.53. The van der Waals surface area contributed by atoms with Gasteiger partial charge in [-0.2, -0.15) is 5.10 Å². The largest absolute Gasteiger partial charge is 0.493 e. The molecule has 5 heteroatoms. The summed E-state index contributed by atoms with van der Waals surface area (Å²) in [5.74, 6) is 0.386. The topological polar surface area (TPSA) is 63.6 Å². The molecule has 0 saturated heterocycles. The van der Waals surface area contributed by atoms with Gasteiger partial charge >= 0.3 is 0 Å². The van der Waals surface area contributed by atoms with Crippen molar-refractivity contribution in [3.05, 3.63) is 71.5 Å². The van der Waals surface area contributed by atoms with Gasteiger partial charge in [0, 0.05) is 11.8 Å². The number of carbonyl (C=O) groups is 1. The number of pyridine rings is 1. The Morgan fingerprint density at radius 1 is 1.15 bits per heavy atom. The Labute approximate surface area is 152 Å². The van der Waals surface area contributed by atoms with E-state index in [0.29, 0.717) is 12.3 Å². The van der Waals surface area contributed by atoms with Gasteiger partial charge in [0.25, 0.3) is 5.91 Å². The van der Waals surface area contributed by atoms with E-state index in [2.05, 4.69) is 15.5 Å². The van der Waals surface area contributed by atoms with Crippen molar-refractivity contribution in [3.63, 3.8) is 0 Å². The molecular weight excluding hydrogens is 326 g/mol. The highest BCUT2D eigenvalue weighted by atomic mass is 16.5. The predicted molar refractivity (Wildman–Crippen MR) is 104 cm³/mol. The minimum atomic E-state index is -0.345. The van der Waals surface area contributed by atoms with Crippen molar-refractivity contribution in [2.24, 2.45) is 5.10 Å². The van der Waals surface area contributed by atoms with Crippen LogP contribution in [0.3, 0.4) is 0 Å². The highest BCUT2D eigenvalue weighted by Gasteiger charge is 2.08. The smallest absolute Gasteiger partial charge is 0.289 e. The highest BCUT2D eigenvalue weighted by molar-refractivity contribution is 6.03. The van der Waals surface area contributed by atoms with Crippen LogP contribution in [0.2, 0.25) is 0 Å². The zero-order valence-corrected chi connectivity index (χ0v) is 14.9. The number of nitrogens with one attached hydrogen (secondary N) is 1. The van der Waals surface area contributed by atoms with Gasteiger partial charge in [0.15, 0.2) is 0 Å². The molecular formula is C21H21N3O2. The molecule has 0 fully saturated rings. The lowest BCUT2D eigenvalue weighted by atomic mass is 10.0. The summed E-state index contributed by atoms with van der Waals surface area (Å²) < 4.78 is 5.70. The highest BCUT2D eigenvalue weighted by Crippen LogP contribution is 2.26. The summed E-state index contributed by atoms with van der Waals surface area (Å²) in [5, 5.41) is 6.21. The first-order valence-corrected chi connectivity index (χ1v) is 8.65. The lowest BCUT2D eigenvalue weighted by Crippen LogP contribution is -2.19. The van der Waals surface area contributed by atoms with E-state index in [-0.39, 0.29) is 5.91 Å². The van der Waals surface area contributed by atoms with Crippen molar-refractivity contribution in [1.82, 2.24) is 10.4 Å². The molecule has 3 rings (SSSR count). The average molecular weight is 347 g/mol. The number of hydrogen-bond donors (Lipinski definition) is 1. The van der Waals surface area contributed by atoms with Crippen LogP contribution in [-0.2, 0) is 6.42 Å². The Morgan fingerprint density at radius 3 is 2.73 bits per heavy atom. The predicted octanol–water partition coefficient (Wildman–Crippen LogP) is 3.96. The monoisotopic (exact) mass is 347 g/mol. The lowest BCUT2D eigenvalue weighted by molar-refractivity contribution is 0.0950. The van der Waals surface area contributed by atoms with Gasteiger partial charge in [0.1, 0.15) is 11.4 Å². The van der Waals surface area contributed by atoms with Crippen molar-refractivity contribution in [1.29, 1.82) is 0 Å². The summed E-state index contributed by atoms with van der Waals surface area (Å²) >= 11 is 0. The molecule has 5 nitrogen and oxygen atoms in total. The average Bonchev–Trinajstić information content (AvgIpc) is 2.69. The number of carbonyl (C=O) groups excluding carboxylic acids is 1. The molecule has 0 aliphatic heterocycles. The maximum atomic E-state index is 12.2. The molecule has 3 aromatic rings. The second-order valence-corrected chi connectivity index (χ2v) is 5.74. The van der Waals surface area contributed by atoms with E-state index >= 15 is 0 Å². The summed E-state index contributed by atoms with van der Waals surface area (Å²) in [6.07, 6.45) is 4.20. The lowest BCUT2D eigenvalue weighted by Gasteiger charge is -2.10. The van der Waals surface area contributed by atoms with Crippen molar-refractivity contribution in [2.45, 2.75) is 20.3 Å². The van der Waals surface area contributed by atoms with Gasteiger partial charge in [0.05, 0.1) is 12.8 Å². The molecule has 1 heterocycles. The first-order chi connectivity index (χ1) is 12.7. The van der Waals surface area contributed by atoms with Crippen LogP contribution < -0.4 is 10.2 Å². The fraction of sp³-hybridized carbons (Fsp3) is 0.190. The molecule has 1 N–H and O–H groups in total. The third-order valence-corrected chi connectivity index (χ3v) is 4.06. The number of ether oxygens (including phenoxy) is 1. The Kier molecular flexibility index (Phi) is 5.59. The van der Waals surface area contributed by atoms with E-state index in [4.69, 9.17) is 4.74 Å². The summed E-state index contributed by atoms with van der Waals surface area (Å²) in [7, 11) is 0. The number of hydrogen-bond acceptors (Lipinski definition) is 4. The number of fused-ring (bicyclic) bond motifs is 1. The SMILES string of the molecule is CCOc1ccc2ccccc2c1C=NNC(=O)c1ccc(CC)cn1. The molecule has 0 aliphatic rings. The molecule has 26 heavy (non-hydrogen) atoms. The number of aromatic nitrogens is 1. The molecule has 0 atom stereocenters. The van der Waals surface area contributed by atoms with Gasteiger partial charge in [-0.15, -0.1) is 0 Å². The minimum Gasteiger partial charge on any atom is -0.493 e. The maximum Gasteiger partial charge on any atom is 0.289 e. The molecule has 0 bridgehead atoms. The Bertz CT molecular complexity index is 934. The van der Waals surface area contributed by atoms with Crippen LogP contribution in [0.15, 0.2) is 59.8 Å². The van der Waals surface area contributed by atoms with E-state index in [1.165, 1.54) is 0 Å². The van der Waals surface area contributed by atoms with Gasteiger partial charge < -0.3 is 4.74 Å². The molecule has 1 amide bonds. The Morgan fingerprint density at radius 2 is 2.00 bits per heavy atom. The van der Waals surface area contributed by atoms with Crippen LogP contribution >= 0.6 is 0 Å². The van der Waals surface area contributed by atoms with E-state index in [1.807, 2.05) is 56.3 Å². The number of benzene rings is 2. The zero-order chi connectivity index (χ0) is 18.4. The van der Waals surface area contributed by atoms with Gasteiger partial charge in [-0.1, -0.05) is 43.3 Å². The molecule has 0 radical (unpaired) electrons. The van der Waals surface area contributed by atoms with Crippen LogP contribution in [0, 0.1) is 0 Å². The number of rotatable bonds is 6. The number of nitrogens with zero attached hydrogens (tertiary/aromatic N) is 2. The normalized spacial score (nSPS) is 11.0. The summed E-state index contributed by atoms with van der Waals surface area (Å²) in [6, 6.07) is 15.5. The first-order valence-electron chi connectivity index (χ1n) is 8.65. The number of amides is 1. The Balaban J connectivity index is 1.82.